The second kappa shape index (κ2) is 7.39. The Hall–Kier alpha value is -2.67. The number of nitrogens with one attached hydrogen (secondary N) is 1. The maximum atomic E-state index is 12.8. The van der Waals surface area contributed by atoms with Crippen LogP contribution in [-0.4, -0.2) is 63.7 Å². The summed E-state index contributed by atoms with van der Waals surface area (Å²) in [5.74, 6) is -4.61. The minimum Gasteiger partial charge on any atom is -0.511 e. The molecule has 13 heteroatoms. The van der Waals surface area contributed by atoms with Crippen LogP contribution in [0.2, 0.25) is 0 Å². The number of aliphatic hydroxyl groups is 1. The van der Waals surface area contributed by atoms with E-state index >= 15 is 0 Å². The number of ether oxygens (including phenoxy) is 1. The van der Waals surface area contributed by atoms with E-state index in [4.69, 9.17) is 9.84 Å². The van der Waals surface area contributed by atoms with E-state index in [9.17, 15) is 32.7 Å². The maximum Gasteiger partial charge on any atom is 0.443 e. The van der Waals surface area contributed by atoms with Gasteiger partial charge in [0.05, 0.1) is 31.7 Å². The quantitative estimate of drug-likeness (QED) is 0.592. The van der Waals surface area contributed by atoms with Crippen LogP contribution >= 0.6 is 11.3 Å². The van der Waals surface area contributed by atoms with Gasteiger partial charge in [0, 0.05) is 11.1 Å². The summed E-state index contributed by atoms with van der Waals surface area (Å²) < 4.78 is 43.5. The van der Waals surface area contributed by atoms with E-state index in [-0.39, 0.29) is 24.6 Å². The van der Waals surface area contributed by atoms with E-state index < -0.39 is 58.8 Å². The van der Waals surface area contributed by atoms with E-state index in [0.717, 1.165) is 11.1 Å². The van der Waals surface area contributed by atoms with Gasteiger partial charge in [-0.05, 0) is 0 Å². The second-order valence-electron chi connectivity index (χ2n) is 6.11. The molecule has 152 valence electrons. The van der Waals surface area contributed by atoms with Crippen molar-refractivity contribution in [1.82, 2.24) is 15.2 Å². The highest BCUT2D eigenvalue weighted by atomic mass is 32.1. The molecule has 2 amide bonds. The van der Waals surface area contributed by atoms with Crippen LogP contribution in [0.5, 0.6) is 0 Å². The molecule has 0 aliphatic carbocycles. The largest absolute Gasteiger partial charge is 0.511 e. The summed E-state index contributed by atoms with van der Waals surface area (Å²) in [5.41, 5.74) is -0.645. The average Bonchev–Trinajstić information content (AvgIpc) is 3.25. The normalized spacial score (nSPS) is 22.4. The Morgan fingerprint density at radius 3 is 2.71 bits per heavy atom. The van der Waals surface area contributed by atoms with Crippen molar-refractivity contribution >= 4 is 29.1 Å². The van der Waals surface area contributed by atoms with Gasteiger partial charge in [0.1, 0.15) is 17.9 Å². The van der Waals surface area contributed by atoms with Crippen LogP contribution in [0.3, 0.4) is 0 Å². The van der Waals surface area contributed by atoms with Gasteiger partial charge in [-0.3, -0.25) is 14.4 Å². The Bertz CT molecular complexity index is 852. The standard InChI is InChI=1S/C15H14F3N3O6S/c16-15(17,18)14-20-1-6(28-14)3-21-8-5-27-4-7(8)11(24)10(13(21)26)12(25)19-2-9(22)23/h1,7-8,24H,2-5H2,(H,19,25)(H,22,23). The Kier molecular flexibility index (Phi) is 5.30. The summed E-state index contributed by atoms with van der Waals surface area (Å²) in [6.07, 6.45) is -3.62. The molecule has 2 aliphatic heterocycles. The molecular weight excluding hydrogens is 407 g/mol. The molecule has 0 saturated carbocycles. The monoisotopic (exact) mass is 421 g/mol. The topological polar surface area (TPSA) is 129 Å². The Morgan fingerprint density at radius 2 is 2.11 bits per heavy atom. The highest BCUT2D eigenvalue weighted by Gasteiger charge is 2.47. The van der Waals surface area contributed by atoms with Crippen LogP contribution in [0.15, 0.2) is 17.5 Å². The molecule has 3 rings (SSSR count). The number of halogens is 3. The SMILES string of the molecule is O=C(O)CNC(=O)C1=C(O)C2COCC2N(Cc2cnc(C(F)(F)F)s2)C1=O. The van der Waals surface area contributed by atoms with Crippen molar-refractivity contribution in [3.8, 4) is 0 Å². The van der Waals surface area contributed by atoms with Gasteiger partial charge < -0.3 is 25.2 Å². The number of nitrogens with zero attached hydrogens (tertiary/aromatic N) is 2. The van der Waals surface area contributed by atoms with Crippen molar-refractivity contribution in [3.63, 3.8) is 0 Å². The molecule has 2 aliphatic rings. The van der Waals surface area contributed by atoms with Gasteiger partial charge in [0.15, 0.2) is 5.01 Å². The number of aromatic nitrogens is 1. The summed E-state index contributed by atoms with van der Waals surface area (Å²) in [5, 5.41) is 19.9. The predicted octanol–water partition coefficient (Wildman–Crippen LogP) is 0.532. The lowest BCUT2D eigenvalue weighted by molar-refractivity contribution is -0.139. The zero-order chi connectivity index (χ0) is 20.6. The third-order valence-corrected chi connectivity index (χ3v) is 5.31. The number of hydrogen-bond donors (Lipinski definition) is 3. The van der Waals surface area contributed by atoms with Gasteiger partial charge in [-0.25, -0.2) is 4.98 Å². The molecule has 1 fully saturated rings. The molecule has 1 saturated heterocycles. The number of rotatable bonds is 5. The minimum atomic E-state index is -4.62. The smallest absolute Gasteiger partial charge is 0.443 e. The van der Waals surface area contributed by atoms with Crippen molar-refractivity contribution < 1.29 is 42.5 Å². The van der Waals surface area contributed by atoms with Crippen LogP contribution in [-0.2, 0) is 31.8 Å². The number of amides is 2. The molecule has 0 aromatic carbocycles. The van der Waals surface area contributed by atoms with Crippen LogP contribution in [0.4, 0.5) is 13.2 Å². The third-order valence-electron chi connectivity index (χ3n) is 4.28. The number of alkyl halides is 3. The number of carboxylic acids is 1. The second-order valence-corrected chi connectivity index (χ2v) is 7.23. The van der Waals surface area contributed by atoms with Crippen LogP contribution in [0.1, 0.15) is 9.88 Å². The number of thiazole rings is 1. The van der Waals surface area contributed by atoms with Crippen molar-refractivity contribution in [2.45, 2.75) is 18.8 Å². The van der Waals surface area contributed by atoms with E-state index in [1.54, 1.807) is 0 Å². The minimum absolute atomic E-state index is 0.00643. The van der Waals surface area contributed by atoms with Crippen molar-refractivity contribution in [1.29, 1.82) is 0 Å². The number of fused-ring (bicyclic) bond motifs is 1. The third kappa shape index (κ3) is 3.80. The Morgan fingerprint density at radius 1 is 1.39 bits per heavy atom. The Labute approximate surface area is 159 Å². The number of carboxylic acid groups (broad SMARTS) is 1. The van der Waals surface area contributed by atoms with Gasteiger partial charge >= 0.3 is 12.1 Å². The number of hydrogen-bond acceptors (Lipinski definition) is 7. The first-order valence-corrected chi connectivity index (χ1v) is 8.75. The molecule has 1 aromatic heterocycles. The van der Waals surface area contributed by atoms with E-state index in [0.29, 0.717) is 11.3 Å². The zero-order valence-corrected chi connectivity index (χ0v) is 14.8. The molecule has 0 bridgehead atoms. The van der Waals surface area contributed by atoms with Gasteiger partial charge in [0.2, 0.25) is 0 Å². The molecule has 3 heterocycles. The summed E-state index contributed by atoms with van der Waals surface area (Å²) in [7, 11) is 0. The van der Waals surface area contributed by atoms with Crippen molar-refractivity contribution in [2.75, 3.05) is 19.8 Å². The van der Waals surface area contributed by atoms with Crippen molar-refractivity contribution in [2.24, 2.45) is 5.92 Å². The molecule has 0 radical (unpaired) electrons. The lowest BCUT2D eigenvalue weighted by Gasteiger charge is -2.36. The first-order valence-electron chi connectivity index (χ1n) is 7.93. The average molecular weight is 421 g/mol. The summed E-state index contributed by atoms with van der Waals surface area (Å²) >= 11 is 0.367. The van der Waals surface area contributed by atoms with Gasteiger partial charge in [-0.1, -0.05) is 0 Å². The summed E-state index contributed by atoms with van der Waals surface area (Å²) in [6, 6.07) is -0.667. The molecule has 9 nitrogen and oxygen atoms in total. The molecule has 2 atom stereocenters. The zero-order valence-electron chi connectivity index (χ0n) is 14.0. The number of aliphatic hydroxyl groups excluding tert-OH is 1. The fraction of sp³-hybridized carbons (Fsp3) is 0.467. The molecule has 3 N–H and O–H groups in total. The van der Waals surface area contributed by atoms with Crippen LogP contribution < -0.4 is 5.32 Å². The fourth-order valence-electron chi connectivity index (χ4n) is 3.03. The highest BCUT2D eigenvalue weighted by Crippen LogP contribution is 2.36. The predicted molar refractivity (Wildman–Crippen MR) is 86.1 cm³/mol. The van der Waals surface area contributed by atoms with E-state index in [1.165, 1.54) is 0 Å². The molecule has 1 aromatic rings. The first kappa shape index (κ1) is 20.1. The van der Waals surface area contributed by atoms with E-state index in [1.807, 2.05) is 5.32 Å². The number of carbonyl (C=O) groups is 3. The van der Waals surface area contributed by atoms with Gasteiger partial charge in [-0.2, -0.15) is 13.2 Å². The lowest BCUT2D eigenvalue weighted by Crippen LogP contribution is -2.51. The fourth-order valence-corrected chi connectivity index (χ4v) is 3.81. The summed E-state index contributed by atoms with van der Waals surface area (Å²) in [4.78, 5) is 40.2. The van der Waals surface area contributed by atoms with Crippen molar-refractivity contribution in [3.05, 3.63) is 27.4 Å². The lowest BCUT2D eigenvalue weighted by atomic mass is 9.90. The molecule has 2 unspecified atom stereocenters. The molecule has 28 heavy (non-hydrogen) atoms. The first-order chi connectivity index (χ1) is 13.1. The van der Waals surface area contributed by atoms with E-state index in [2.05, 4.69) is 4.98 Å². The van der Waals surface area contributed by atoms with Gasteiger partial charge in [0.25, 0.3) is 11.8 Å². The number of aliphatic carboxylic acids is 1. The highest BCUT2D eigenvalue weighted by molar-refractivity contribution is 7.11. The molecular formula is C15H14F3N3O6S. The molecule has 0 spiro atoms. The summed E-state index contributed by atoms with van der Waals surface area (Å²) in [6.45, 7) is -0.987. The maximum absolute atomic E-state index is 12.8. The number of carbonyl (C=O) groups excluding carboxylic acids is 2. The van der Waals surface area contributed by atoms with Crippen LogP contribution in [0, 0.1) is 5.92 Å². The van der Waals surface area contributed by atoms with Gasteiger partial charge in [-0.15, -0.1) is 11.3 Å². The Balaban J connectivity index is 1.87. The van der Waals surface area contributed by atoms with Crippen LogP contribution in [0.25, 0.3) is 0 Å².